The highest BCUT2D eigenvalue weighted by Crippen LogP contribution is 2.28. The molecule has 1 fully saturated rings. The maximum Gasteiger partial charge on any atom is 0.248 e. The van der Waals surface area contributed by atoms with Gasteiger partial charge in [-0.3, -0.25) is 4.79 Å². The monoisotopic (exact) mass is 348 g/mol. The number of hydrogen-bond acceptors (Lipinski definition) is 2. The minimum Gasteiger partial charge on any atom is -0.302 e. The van der Waals surface area contributed by atoms with Crippen molar-refractivity contribution in [1.82, 2.24) is 4.57 Å². The molecule has 24 heavy (non-hydrogen) atoms. The molecule has 0 unspecified atom stereocenters. The van der Waals surface area contributed by atoms with Crippen LogP contribution in [-0.2, 0) is 11.3 Å². The van der Waals surface area contributed by atoms with Gasteiger partial charge in [0.2, 0.25) is 5.91 Å². The van der Waals surface area contributed by atoms with E-state index in [-0.39, 0.29) is 18.0 Å². The van der Waals surface area contributed by atoms with E-state index in [0.717, 1.165) is 23.8 Å². The normalized spacial score (nSPS) is 16.0. The number of carbonyl (C=O) groups excluding carboxylic acids is 1. The molecule has 2 aromatic rings. The highest BCUT2D eigenvalue weighted by Gasteiger charge is 2.17. The number of hydrogen-bond donors (Lipinski definition) is 0. The zero-order valence-corrected chi connectivity index (χ0v) is 14.0. The van der Waals surface area contributed by atoms with Gasteiger partial charge in [-0.05, 0) is 18.4 Å². The summed E-state index contributed by atoms with van der Waals surface area (Å²) >= 11 is 1.08. The standard InChI is InChI=1S/C18H18F2N2OS/c1-2-9-22-17-14(20)10-13(19)11-15(17)24-18(22)21-16(23)8-7-12-5-3-4-6-12/h1,10-12H,3-9H2. The Bertz CT molecular complexity index is 869. The highest BCUT2D eigenvalue weighted by atomic mass is 32.1. The first kappa shape index (κ1) is 16.8. The van der Waals surface area contributed by atoms with Crippen LogP contribution >= 0.6 is 11.3 Å². The minimum atomic E-state index is -0.698. The second kappa shape index (κ2) is 7.27. The van der Waals surface area contributed by atoms with Crippen LogP contribution in [0.1, 0.15) is 38.5 Å². The van der Waals surface area contributed by atoms with E-state index in [1.807, 2.05) is 0 Å². The Kier molecular flexibility index (Phi) is 5.10. The number of halogens is 2. The first-order valence-electron chi connectivity index (χ1n) is 8.08. The van der Waals surface area contributed by atoms with Crippen molar-refractivity contribution < 1.29 is 13.6 Å². The lowest BCUT2D eigenvalue weighted by Gasteiger charge is -2.05. The molecule has 1 saturated carbocycles. The lowest BCUT2D eigenvalue weighted by molar-refractivity contribution is -0.118. The number of fused-ring (bicyclic) bond motifs is 1. The highest BCUT2D eigenvalue weighted by molar-refractivity contribution is 7.16. The van der Waals surface area contributed by atoms with Crippen LogP contribution in [0.3, 0.4) is 0 Å². The molecule has 0 atom stereocenters. The Morgan fingerprint density at radius 2 is 2.12 bits per heavy atom. The summed E-state index contributed by atoms with van der Waals surface area (Å²) in [6.45, 7) is 0.0806. The molecule has 1 aromatic heterocycles. The van der Waals surface area contributed by atoms with Gasteiger partial charge < -0.3 is 4.57 Å². The molecule has 0 saturated heterocycles. The average Bonchev–Trinajstić information content (AvgIpc) is 3.14. The maximum atomic E-state index is 14.1. The molecule has 1 heterocycles. The fourth-order valence-electron chi connectivity index (χ4n) is 3.24. The van der Waals surface area contributed by atoms with Gasteiger partial charge in [0.1, 0.15) is 5.82 Å². The minimum absolute atomic E-state index is 0.0806. The number of rotatable bonds is 4. The Balaban J connectivity index is 1.92. The molecule has 1 aromatic carbocycles. The first-order chi connectivity index (χ1) is 11.6. The second-order valence-corrected chi connectivity index (χ2v) is 7.11. The predicted molar refractivity (Wildman–Crippen MR) is 90.3 cm³/mol. The van der Waals surface area contributed by atoms with Crippen molar-refractivity contribution in [3.8, 4) is 12.3 Å². The van der Waals surface area contributed by atoms with E-state index in [2.05, 4.69) is 10.9 Å². The lowest BCUT2D eigenvalue weighted by atomic mass is 10.0. The number of amides is 1. The predicted octanol–water partition coefficient (Wildman–Crippen LogP) is 4.01. The summed E-state index contributed by atoms with van der Waals surface area (Å²) in [5, 5.41) is 0. The van der Waals surface area contributed by atoms with Crippen LogP contribution in [0.15, 0.2) is 17.1 Å². The lowest BCUT2D eigenvalue weighted by Crippen LogP contribution is -2.17. The third-order valence-electron chi connectivity index (χ3n) is 4.41. The third-order valence-corrected chi connectivity index (χ3v) is 5.43. The van der Waals surface area contributed by atoms with E-state index < -0.39 is 11.6 Å². The average molecular weight is 348 g/mol. The van der Waals surface area contributed by atoms with E-state index in [1.165, 1.54) is 36.3 Å². The summed E-state index contributed by atoms with van der Waals surface area (Å²) < 4.78 is 29.3. The third kappa shape index (κ3) is 3.57. The topological polar surface area (TPSA) is 34.4 Å². The van der Waals surface area contributed by atoms with Gasteiger partial charge in [-0.2, -0.15) is 4.99 Å². The molecular weight excluding hydrogens is 330 g/mol. The molecule has 126 valence electrons. The van der Waals surface area contributed by atoms with Gasteiger partial charge in [0.05, 0.1) is 16.8 Å². The summed E-state index contributed by atoms with van der Waals surface area (Å²) in [6, 6.07) is 2.05. The van der Waals surface area contributed by atoms with Gasteiger partial charge >= 0.3 is 0 Å². The zero-order valence-electron chi connectivity index (χ0n) is 13.2. The largest absolute Gasteiger partial charge is 0.302 e. The van der Waals surface area contributed by atoms with E-state index in [0.29, 0.717) is 21.8 Å². The van der Waals surface area contributed by atoms with E-state index in [4.69, 9.17) is 6.42 Å². The van der Waals surface area contributed by atoms with Crippen LogP contribution in [0.25, 0.3) is 10.2 Å². The Labute approximate surface area is 143 Å². The molecule has 1 amide bonds. The molecule has 0 bridgehead atoms. The SMILES string of the molecule is C#CCn1c(=NC(=O)CCC2CCCC2)sc2cc(F)cc(F)c21. The molecule has 0 N–H and O–H groups in total. The maximum absolute atomic E-state index is 14.1. The van der Waals surface area contributed by atoms with Gasteiger partial charge in [-0.25, -0.2) is 8.78 Å². The Hall–Kier alpha value is -2.00. The summed E-state index contributed by atoms with van der Waals surface area (Å²) in [5.41, 5.74) is 0.196. The van der Waals surface area contributed by atoms with Gasteiger partial charge in [0.25, 0.3) is 0 Å². The number of carbonyl (C=O) groups is 1. The number of aromatic nitrogens is 1. The molecule has 1 aliphatic rings. The van der Waals surface area contributed by atoms with Crippen LogP contribution in [0.2, 0.25) is 0 Å². The van der Waals surface area contributed by atoms with Crippen molar-refractivity contribution in [3.05, 3.63) is 28.6 Å². The molecule has 3 nitrogen and oxygen atoms in total. The van der Waals surface area contributed by atoms with Gasteiger partial charge in [0.15, 0.2) is 10.6 Å². The van der Waals surface area contributed by atoms with Gasteiger partial charge in [-0.15, -0.1) is 6.42 Å². The molecule has 0 aliphatic heterocycles. The number of thiazole rings is 1. The van der Waals surface area contributed by atoms with Gasteiger partial charge in [-0.1, -0.05) is 42.9 Å². The summed E-state index contributed by atoms with van der Waals surface area (Å²) in [5.74, 6) is 1.45. The van der Waals surface area contributed by atoms with Crippen LogP contribution < -0.4 is 4.80 Å². The molecule has 6 heteroatoms. The zero-order chi connectivity index (χ0) is 17.1. The van der Waals surface area contributed by atoms with Crippen molar-refractivity contribution in [1.29, 1.82) is 0 Å². The molecular formula is C18H18F2N2OS. The summed E-state index contributed by atoms with van der Waals surface area (Å²) in [6.07, 6.45) is 11.4. The fourth-order valence-corrected chi connectivity index (χ4v) is 4.33. The van der Waals surface area contributed by atoms with Crippen LogP contribution in [-0.4, -0.2) is 10.5 Å². The molecule has 1 aliphatic carbocycles. The van der Waals surface area contributed by atoms with E-state index in [1.54, 1.807) is 0 Å². The van der Waals surface area contributed by atoms with Crippen molar-refractivity contribution in [2.24, 2.45) is 10.9 Å². The van der Waals surface area contributed by atoms with Crippen LogP contribution in [0.5, 0.6) is 0 Å². The smallest absolute Gasteiger partial charge is 0.248 e. The fraction of sp³-hybridized carbons (Fsp3) is 0.444. The van der Waals surface area contributed by atoms with E-state index >= 15 is 0 Å². The number of terminal acetylenes is 1. The van der Waals surface area contributed by atoms with E-state index in [9.17, 15) is 13.6 Å². The van der Waals surface area contributed by atoms with Crippen LogP contribution in [0, 0.1) is 29.9 Å². The molecule has 0 spiro atoms. The van der Waals surface area contributed by atoms with Gasteiger partial charge in [0, 0.05) is 12.5 Å². The van der Waals surface area contributed by atoms with Crippen LogP contribution in [0.4, 0.5) is 8.78 Å². The summed E-state index contributed by atoms with van der Waals surface area (Å²) in [4.78, 5) is 16.6. The second-order valence-electron chi connectivity index (χ2n) is 6.10. The van der Waals surface area contributed by atoms with Crippen molar-refractivity contribution in [3.63, 3.8) is 0 Å². The Morgan fingerprint density at radius 1 is 1.38 bits per heavy atom. The number of benzene rings is 1. The Morgan fingerprint density at radius 3 is 2.83 bits per heavy atom. The quantitative estimate of drug-likeness (QED) is 0.769. The first-order valence-corrected chi connectivity index (χ1v) is 8.89. The number of nitrogens with zero attached hydrogens (tertiary/aromatic N) is 2. The van der Waals surface area contributed by atoms with Crippen molar-refractivity contribution in [2.45, 2.75) is 45.1 Å². The van der Waals surface area contributed by atoms with Crippen molar-refractivity contribution >= 4 is 27.5 Å². The van der Waals surface area contributed by atoms with Crippen molar-refractivity contribution in [2.75, 3.05) is 0 Å². The summed E-state index contributed by atoms with van der Waals surface area (Å²) in [7, 11) is 0. The molecule has 0 radical (unpaired) electrons. The molecule has 3 rings (SSSR count).